The summed E-state index contributed by atoms with van der Waals surface area (Å²) in [6.07, 6.45) is 0. The number of hydrogen-bond acceptors (Lipinski definition) is 5. The fourth-order valence-electron chi connectivity index (χ4n) is 0. The SMILES string of the molecule is CC(=O)O.CC(=O)O.CC(=O)O.O=P([O-])(O)O.[Li+]. The number of hydrogen-bond donors (Lipinski definition) is 5. The van der Waals surface area contributed by atoms with Crippen LogP contribution in [0.1, 0.15) is 20.8 Å². The molecule has 0 rings (SSSR count). The summed E-state index contributed by atoms with van der Waals surface area (Å²) < 4.78 is 8.77. The summed E-state index contributed by atoms with van der Waals surface area (Å²) in [4.78, 5) is 49.9. The van der Waals surface area contributed by atoms with E-state index in [0.717, 1.165) is 20.8 Å². The van der Waals surface area contributed by atoms with E-state index in [-0.39, 0.29) is 18.9 Å². The molecule has 0 aliphatic carbocycles. The van der Waals surface area contributed by atoms with Crippen LogP contribution in [-0.2, 0) is 18.9 Å². The van der Waals surface area contributed by atoms with Crippen molar-refractivity contribution in [3.8, 4) is 0 Å². The van der Waals surface area contributed by atoms with Crippen LogP contribution in [-0.4, -0.2) is 43.0 Å². The van der Waals surface area contributed by atoms with Crippen LogP contribution in [0.2, 0.25) is 0 Å². The van der Waals surface area contributed by atoms with Crippen LogP contribution in [0.4, 0.5) is 0 Å². The van der Waals surface area contributed by atoms with Crippen molar-refractivity contribution in [1.29, 1.82) is 0 Å². The summed E-state index contributed by atoms with van der Waals surface area (Å²) in [5, 5.41) is 22.2. The second kappa shape index (κ2) is 18.5. The molecule has 0 saturated carbocycles. The molecule has 0 heterocycles. The van der Waals surface area contributed by atoms with Crippen molar-refractivity contribution in [2.24, 2.45) is 0 Å². The fourth-order valence-corrected chi connectivity index (χ4v) is 0. The van der Waals surface area contributed by atoms with Gasteiger partial charge in [0.25, 0.3) is 25.7 Å². The third-order valence-corrected chi connectivity index (χ3v) is 0. The first-order valence-electron chi connectivity index (χ1n) is 3.55. The van der Waals surface area contributed by atoms with Gasteiger partial charge in [-0.25, -0.2) is 0 Å². The molecule has 0 atom stereocenters. The molecule has 0 aromatic rings. The Morgan fingerprint density at radius 3 is 0.833 bits per heavy atom. The molecule has 0 aromatic heterocycles. The maximum Gasteiger partial charge on any atom is 1.00 e. The van der Waals surface area contributed by atoms with Crippen LogP contribution in [0.5, 0.6) is 0 Å². The van der Waals surface area contributed by atoms with Crippen LogP contribution in [0.25, 0.3) is 0 Å². The summed E-state index contributed by atoms with van der Waals surface area (Å²) in [5.41, 5.74) is 0. The van der Waals surface area contributed by atoms with Crippen molar-refractivity contribution in [2.75, 3.05) is 0 Å². The predicted molar refractivity (Wildman–Crippen MR) is 52.0 cm³/mol. The number of rotatable bonds is 0. The molecule has 0 spiro atoms. The van der Waals surface area contributed by atoms with Crippen LogP contribution in [0.15, 0.2) is 0 Å². The maximum absolute atomic E-state index is 9.00. The van der Waals surface area contributed by atoms with Gasteiger partial charge in [-0.1, -0.05) is 0 Å². The van der Waals surface area contributed by atoms with E-state index in [2.05, 4.69) is 0 Å². The molecule has 0 amide bonds. The third kappa shape index (κ3) is 3870. The molecule has 0 fully saturated rings. The van der Waals surface area contributed by atoms with E-state index >= 15 is 0 Å². The quantitative estimate of drug-likeness (QED) is 0.214. The first kappa shape index (κ1) is 30.3. The van der Waals surface area contributed by atoms with Gasteiger partial charge in [0.05, 0.1) is 0 Å². The Hall–Kier alpha value is -0.883. The van der Waals surface area contributed by atoms with Crippen molar-refractivity contribution in [3.05, 3.63) is 0 Å². The van der Waals surface area contributed by atoms with Gasteiger partial charge in [-0.3, -0.25) is 18.9 Å². The van der Waals surface area contributed by atoms with Crippen molar-refractivity contribution in [2.45, 2.75) is 20.8 Å². The molecule has 12 heteroatoms. The largest absolute Gasteiger partial charge is 1.00 e. The van der Waals surface area contributed by atoms with Gasteiger partial charge < -0.3 is 30.0 Å². The molecular formula is C6H14LiO10P. The minimum absolute atomic E-state index is 0. The van der Waals surface area contributed by atoms with Crippen LogP contribution in [0, 0.1) is 0 Å². The van der Waals surface area contributed by atoms with Gasteiger partial charge in [0.15, 0.2) is 0 Å². The first-order valence-corrected chi connectivity index (χ1v) is 5.08. The molecule has 104 valence electrons. The fraction of sp³-hybridized carbons (Fsp3) is 0.500. The second-order valence-corrected chi connectivity index (χ2v) is 3.03. The first-order chi connectivity index (χ1) is 7.20. The minimum Gasteiger partial charge on any atom is -0.756 e. The number of carboxylic acids is 3. The minimum atomic E-state index is -4.89. The number of carbonyl (C=O) groups is 3. The van der Waals surface area contributed by atoms with Gasteiger partial charge in [0.2, 0.25) is 0 Å². The van der Waals surface area contributed by atoms with E-state index in [1.165, 1.54) is 0 Å². The van der Waals surface area contributed by atoms with Crippen molar-refractivity contribution >= 4 is 25.7 Å². The van der Waals surface area contributed by atoms with Crippen molar-refractivity contribution in [1.82, 2.24) is 0 Å². The van der Waals surface area contributed by atoms with Crippen LogP contribution in [0.3, 0.4) is 0 Å². The molecule has 0 aliphatic heterocycles. The molecule has 5 N–H and O–H groups in total. The number of carboxylic acid groups (broad SMARTS) is 3. The summed E-state index contributed by atoms with van der Waals surface area (Å²) in [5.74, 6) is -2.50. The third-order valence-electron chi connectivity index (χ3n) is 0. The molecule has 18 heavy (non-hydrogen) atoms. The Balaban J connectivity index is -0.0000000412. The monoisotopic (exact) mass is 284 g/mol. The molecule has 0 aliphatic rings. The zero-order valence-electron chi connectivity index (χ0n) is 10.2. The van der Waals surface area contributed by atoms with Crippen molar-refractivity contribution < 1.29 is 67.8 Å². The van der Waals surface area contributed by atoms with E-state index in [0.29, 0.717) is 0 Å². The average molecular weight is 284 g/mol. The van der Waals surface area contributed by atoms with Gasteiger partial charge in [-0.15, -0.1) is 0 Å². The Morgan fingerprint density at radius 1 is 0.833 bits per heavy atom. The standard InChI is InChI=1S/3C2H4O2.Li.H3O4P/c3*1-2(3)4;;1-5(2,3)4/h3*1H3,(H,3,4);;(H3,1,2,3,4)/q;;;+1;/p-1. The molecular weight excluding hydrogens is 270 g/mol. The predicted octanol–water partition coefficient (Wildman–Crippen LogP) is -4.28. The Kier molecular flexibility index (Phi) is 31.1. The normalized spacial score (nSPS) is 7.44. The maximum atomic E-state index is 9.00. The second-order valence-electron chi connectivity index (χ2n) is 2.05. The molecule has 0 bridgehead atoms. The molecule has 0 radical (unpaired) electrons. The molecule has 0 aromatic carbocycles. The topological polar surface area (TPSA) is 192 Å². The van der Waals surface area contributed by atoms with E-state index in [1.54, 1.807) is 0 Å². The Bertz CT molecular complexity index is 223. The average Bonchev–Trinajstić information content (AvgIpc) is 1.73. The molecule has 0 unspecified atom stereocenters. The van der Waals surface area contributed by atoms with Crippen LogP contribution >= 0.6 is 7.82 Å². The Labute approximate surface area is 115 Å². The smallest absolute Gasteiger partial charge is 0.756 e. The zero-order chi connectivity index (χ0) is 15.2. The van der Waals surface area contributed by atoms with E-state index in [4.69, 9.17) is 48.9 Å². The Morgan fingerprint density at radius 2 is 0.833 bits per heavy atom. The number of aliphatic carboxylic acids is 3. The summed E-state index contributed by atoms with van der Waals surface area (Å²) in [6, 6.07) is 0. The van der Waals surface area contributed by atoms with Gasteiger partial charge in [-0.2, -0.15) is 0 Å². The molecule has 10 nitrogen and oxygen atoms in total. The van der Waals surface area contributed by atoms with Crippen LogP contribution < -0.4 is 23.8 Å². The zero-order valence-corrected chi connectivity index (χ0v) is 11.1. The van der Waals surface area contributed by atoms with Gasteiger partial charge >= 0.3 is 18.9 Å². The van der Waals surface area contributed by atoms with Gasteiger partial charge in [0.1, 0.15) is 0 Å². The van der Waals surface area contributed by atoms with E-state index < -0.39 is 25.7 Å². The summed E-state index contributed by atoms with van der Waals surface area (Å²) >= 11 is 0. The van der Waals surface area contributed by atoms with E-state index in [9.17, 15) is 0 Å². The number of phosphoric acid groups is 1. The van der Waals surface area contributed by atoms with E-state index in [1.807, 2.05) is 0 Å². The van der Waals surface area contributed by atoms with Gasteiger partial charge in [-0.05, 0) is 0 Å². The summed E-state index contributed by atoms with van der Waals surface area (Å²) in [7, 11) is -4.89. The summed E-state index contributed by atoms with van der Waals surface area (Å²) in [6.45, 7) is 3.25. The van der Waals surface area contributed by atoms with Crippen molar-refractivity contribution in [3.63, 3.8) is 0 Å². The molecule has 0 saturated heterocycles. The van der Waals surface area contributed by atoms with Gasteiger partial charge in [0, 0.05) is 20.8 Å².